The molecule has 0 aromatic heterocycles. The zero-order chi connectivity index (χ0) is 23.1. The van der Waals surface area contributed by atoms with Crippen molar-refractivity contribution in [3.63, 3.8) is 0 Å². The number of benzene rings is 3. The summed E-state index contributed by atoms with van der Waals surface area (Å²) in [7, 11) is -4.29. The summed E-state index contributed by atoms with van der Waals surface area (Å²) in [5, 5.41) is 2.79. The number of amides is 1. The smallest absolute Gasteiger partial charge is 0.286 e. The van der Waals surface area contributed by atoms with Crippen molar-refractivity contribution >= 4 is 50.9 Å². The first-order valence-electron chi connectivity index (χ1n) is 9.24. The van der Waals surface area contributed by atoms with Gasteiger partial charge in [0.1, 0.15) is 4.90 Å². The minimum atomic E-state index is -4.29. The molecule has 0 aliphatic carbocycles. The Hall–Kier alpha value is -3.05. The van der Waals surface area contributed by atoms with Crippen LogP contribution in [0, 0.1) is 0 Å². The highest BCUT2D eigenvalue weighted by molar-refractivity contribution is 7.99. The van der Waals surface area contributed by atoms with Crippen molar-refractivity contribution < 1.29 is 13.2 Å². The number of hydrogen-bond acceptors (Lipinski definition) is 5. The third kappa shape index (κ3) is 6.01. The highest BCUT2D eigenvalue weighted by Gasteiger charge is 2.24. The second-order valence-electron chi connectivity index (χ2n) is 6.47. The molecule has 0 radical (unpaired) electrons. The van der Waals surface area contributed by atoms with E-state index in [1.807, 2.05) is 35.8 Å². The fourth-order valence-electron chi connectivity index (χ4n) is 2.68. The number of carbonyl (C=O) groups excluding carboxylic acids is 1. The van der Waals surface area contributed by atoms with Crippen LogP contribution in [0.1, 0.15) is 15.9 Å². The van der Waals surface area contributed by atoms with E-state index in [1.165, 1.54) is 23.9 Å². The van der Waals surface area contributed by atoms with Crippen LogP contribution in [-0.4, -0.2) is 20.3 Å². The molecule has 32 heavy (non-hydrogen) atoms. The molecule has 166 valence electrons. The van der Waals surface area contributed by atoms with E-state index in [4.69, 9.17) is 23.2 Å². The van der Waals surface area contributed by atoms with Gasteiger partial charge in [-0.05, 0) is 29.8 Å². The van der Waals surface area contributed by atoms with Gasteiger partial charge in [0.2, 0.25) is 5.96 Å². The Morgan fingerprint density at radius 2 is 1.66 bits per heavy atom. The first-order valence-corrected chi connectivity index (χ1v) is 12.0. The van der Waals surface area contributed by atoms with Crippen LogP contribution in [0.25, 0.3) is 0 Å². The molecule has 3 rings (SSSR count). The van der Waals surface area contributed by atoms with Gasteiger partial charge in [0, 0.05) is 16.3 Å². The van der Waals surface area contributed by atoms with E-state index in [0.717, 1.165) is 5.56 Å². The molecule has 0 unspecified atom stereocenters. The van der Waals surface area contributed by atoms with Crippen LogP contribution in [0.4, 0.5) is 5.69 Å². The molecule has 3 aromatic rings. The summed E-state index contributed by atoms with van der Waals surface area (Å²) in [6.07, 6.45) is 0. The maximum Gasteiger partial charge on any atom is 0.286 e. The third-order valence-electron chi connectivity index (χ3n) is 4.19. The number of anilines is 1. The SMILES string of the molecule is NN/C(N)=N/S(=O)(=O)c1cc(C(=O)Nc2ccccc2)c(Cl)cc1SCc1ccccc1. The number of para-hydroxylation sites is 1. The van der Waals surface area contributed by atoms with Gasteiger partial charge < -0.3 is 11.1 Å². The molecular formula is C21H20ClN5O3S2. The predicted molar refractivity (Wildman–Crippen MR) is 128 cm³/mol. The van der Waals surface area contributed by atoms with E-state index in [-0.39, 0.29) is 15.5 Å². The van der Waals surface area contributed by atoms with Crippen molar-refractivity contribution in [2.75, 3.05) is 5.32 Å². The van der Waals surface area contributed by atoms with Gasteiger partial charge in [-0.3, -0.25) is 10.2 Å². The van der Waals surface area contributed by atoms with Crippen LogP contribution < -0.4 is 22.3 Å². The van der Waals surface area contributed by atoms with Gasteiger partial charge in [-0.15, -0.1) is 16.2 Å². The van der Waals surface area contributed by atoms with E-state index in [0.29, 0.717) is 16.3 Å². The van der Waals surface area contributed by atoms with Crippen LogP contribution in [-0.2, 0) is 15.8 Å². The fraction of sp³-hybridized carbons (Fsp3) is 0.0476. The molecule has 0 fully saturated rings. The fourth-order valence-corrected chi connectivity index (χ4v) is 5.40. The first-order chi connectivity index (χ1) is 15.3. The molecule has 8 nitrogen and oxygen atoms in total. The number of nitrogens with zero attached hydrogens (tertiary/aromatic N) is 1. The highest BCUT2D eigenvalue weighted by Crippen LogP contribution is 2.35. The molecule has 0 heterocycles. The Morgan fingerprint density at radius 1 is 1.03 bits per heavy atom. The Balaban J connectivity index is 2.02. The Bertz CT molecular complexity index is 1240. The average Bonchev–Trinajstić information content (AvgIpc) is 2.78. The topological polar surface area (TPSA) is 140 Å². The van der Waals surface area contributed by atoms with E-state index in [9.17, 15) is 13.2 Å². The van der Waals surface area contributed by atoms with Crippen LogP contribution in [0.2, 0.25) is 5.02 Å². The number of halogens is 1. The van der Waals surface area contributed by atoms with Gasteiger partial charge in [0.25, 0.3) is 15.9 Å². The molecule has 11 heteroatoms. The van der Waals surface area contributed by atoms with Crippen molar-refractivity contribution in [1.82, 2.24) is 5.43 Å². The van der Waals surface area contributed by atoms with E-state index in [1.54, 1.807) is 30.3 Å². The van der Waals surface area contributed by atoms with Gasteiger partial charge in [-0.1, -0.05) is 60.1 Å². The van der Waals surface area contributed by atoms with Crippen molar-refractivity contribution in [3.8, 4) is 0 Å². The van der Waals surface area contributed by atoms with E-state index in [2.05, 4.69) is 9.71 Å². The summed E-state index contributed by atoms with van der Waals surface area (Å²) in [4.78, 5) is 12.9. The lowest BCUT2D eigenvalue weighted by molar-refractivity contribution is 0.102. The van der Waals surface area contributed by atoms with Crippen LogP contribution in [0.15, 0.2) is 87.0 Å². The van der Waals surface area contributed by atoms with Crippen molar-refractivity contribution in [3.05, 3.63) is 88.9 Å². The number of hydrazine groups is 1. The molecule has 0 saturated carbocycles. The molecular weight excluding hydrogens is 470 g/mol. The maximum absolute atomic E-state index is 12.9. The first kappa shape index (κ1) is 23.6. The average molecular weight is 490 g/mol. The molecule has 0 saturated heterocycles. The number of sulfonamides is 1. The normalized spacial score (nSPS) is 11.8. The lowest BCUT2D eigenvalue weighted by Gasteiger charge is -2.13. The van der Waals surface area contributed by atoms with Crippen molar-refractivity contribution in [1.29, 1.82) is 0 Å². The second kappa shape index (κ2) is 10.5. The molecule has 3 aromatic carbocycles. The number of nitrogens with two attached hydrogens (primary N) is 2. The number of carbonyl (C=O) groups is 1. The molecule has 0 aliphatic rings. The van der Waals surface area contributed by atoms with Crippen LogP contribution in [0.3, 0.4) is 0 Å². The number of hydrogen-bond donors (Lipinski definition) is 4. The van der Waals surface area contributed by atoms with Gasteiger partial charge in [0.05, 0.1) is 10.6 Å². The Kier molecular flexibility index (Phi) is 7.75. The molecule has 6 N–H and O–H groups in total. The van der Waals surface area contributed by atoms with Crippen molar-refractivity contribution in [2.45, 2.75) is 15.5 Å². The summed E-state index contributed by atoms with van der Waals surface area (Å²) in [6.45, 7) is 0. The number of guanidine groups is 1. The largest absolute Gasteiger partial charge is 0.368 e. The molecule has 0 bridgehead atoms. The summed E-state index contributed by atoms with van der Waals surface area (Å²) >= 11 is 7.61. The lowest BCUT2D eigenvalue weighted by Crippen LogP contribution is -2.37. The van der Waals surface area contributed by atoms with Gasteiger partial charge in [0.15, 0.2) is 0 Å². The molecule has 0 atom stereocenters. The standard InChI is InChI=1S/C21H20ClN5O3S2/c22-17-12-18(31-13-14-7-3-1-4-8-14)19(32(29,30)27-21(23)26-24)11-16(17)20(28)25-15-9-5-2-6-10-15/h1-12H,13,24H2,(H,25,28)(H3,23,26,27). The zero-order valence-corrected chi connectivity index (χ0v) is 19.0. The predicted octanol–water partition coefficient (Wildman–Crippen LogP) is 3.35. The number of rotatable bonds is 7. The summed E-state index contributed by atoms with van der Waals surface area (Å²) in [6, 6.07) is 20.8. The molecule has 0 aliphatic heterocycles. The van der Waals surface area contributed by atoms with Gasteiger partial charge >= 0.3 is 0 Å². The van der Waals surface area contributed by atoms with Gasteiger partial charge in [-0.25, -0.2) is 5.84 Å². The Morgan fingerprint density at radius 3 is 2.28 bits per heavy atom. The van der Waals surface area contributed by atoms with Gasteiger partial charge in [-0.2, -0.15) is 8.42 Å². The number of nitrogens with one attached hydrogen (secondary N) is 2. The minimum absolute atomic E-state index is 0.0207. The number of thioether (sulfide) groups is 1. The summed E-state index contributed by atoms with van der Waals surface area (Å²) in [5.41, 5.74) is 8.95. The second-order valence-corrected chi connectivity index (χ2v) is 9.47. The minimum Gasteiger partial charge on any atom is -0.368 e. The summed E-state index contributed by atoms with van der Waals surface area (Å²) < 4.78 is 29.3. The van der Waals surface area contributed by atoms with Crippen LogP contribution in [0.5, 0.6) is 0 Å². The Labute approximate surface area is 195 Å². The van der Waals surface area contributed by atoms with E-state index >= 15 is 0 Å². The molecule has 0 spiro atoms. The van der Waals surface area contributed by atoms with E-state index < -0.39 is 21.9 Å². The summed E-state index contributed by atoms with van der Waals surface area (Å²) in [5.74, 6) is 4.58. The lowest BCUT2D eigenvalue weighted by atomic mass is 10.2. The highest BCUT2D eigenvalue weighted by atomic mass is 35.5. The zero-order valence-electron chi connectivity index (χ0n) is 16.7. The monoisotopic (exact) mass is 489 g/mol. The van der Waals surface area contributed by atoms with Crippen molar-refractivity contribution in [2.24, 2.45) is 16.0 Å². The van der Waals surface area contributed by atoms with Crippen LogP contribution >= 0.6 is 23.4 Å². The molecule has 1 amide bonds. The third-order valence-corrected chi connectivity index (χ3v) is 7.09. The maximum atomic E-state index is 12.9. The quantitative estimate of drug-likeness (QED) is 0.131.